The molecule has 1 aromatic carbocycles. The number of aryl methyl sites for hydroxylation is 1. The predicted molar refractivity (Wildman–Crippen MR) is 99.3 cm³/mol. The molecule has 0 spiro atoms. The fourth-order valence-corrected chi connectivity index (χ4v) is 2.87. The fraction of sp³-hybridized carbons (Fsp3) is 0.278. The number of hydrogen-bond donors (Lipinski definition) is 0. The highest BCUT2D eigenvalue weighted by Gasteiger charge is 2.34. The molecule has 0 fully saturated rings. The second kappa shape index (κ2) is 7.67. The minimum absolute atomic E-state index is 0.105. The molecule has 0 bridgehead atoms. The van der Waals surface area contributed by atoms with Gasteiger partial charge in [-0.1, -0.05) is 24.3 Å². The van der Waals surface area contributed by atoms with Crippen molar-refractivity contribution < 1.29 is 17.9 Å². The Morgan fingerprint density at radius 1 is 1.18 bits per heavy atom. The smallest absolute Gasteiger partial charge is 0.434 e. The molecule has 3 rings (SSSR count). The van der Waals surface area contributed by atoms with Crippen molar-refractivity contribution in [2.24, 2.45) is 7.05 Å². The Hall–Kier alpha value is -2.81. The van der Waals surface area contributed by atoms with Gasteiger partial charge in [0.1, 0.15) is 5.82 Å². The highest BCUT2D eigenvalue weighted by molar-refractivity contribution is 6.28. The molecule has 148 valence electrons. The first-order valence-corrected chi connectivity index (χ1v) is 8.54. The molecule has 2 aromatic heterocycles. The summed E-state index contributed by atoms with van der Waals surface area (Å²) in [5.41, 5.74) is 0.599. The Kier molecular flexibility index (Phi) is 5.46. The Morgan fingerprint density at radius 3 is 2.43 bits per heavy atom. The van der Waals surface area contributed by atoms with Crippen LogP contribution in [0.3, 0.4) is 0 Å². The third-order valence-electron chi connectivity index (χ3n) is 4.09. The van der Waals surface area contributed by atoms with Gasteiger partial charge < -0.3 is 14.2 Å². The van der Waals surface area contributed by atoms with Crippen LogP contribution in [0, 0.1) is 0 Å². The molecule has 0 N–H and O–H groups in total. The zero-order valence-corrected chi connectivity index (χ0v) is 16.1. The van der Waals surface area contributed by atoms with Crippen molar-refractivity contribution in [1.82, 2.24) is 19.5 Å². The number of alkyl halides is 3. The number of benzene rings is 1. The van der Waals surface area contributed by atoms with E-state index in [4.69, 9.17) is 16.3 Å². The van der Waals surface area contributed by atoms with Crippen LogP contribution in [0.1, 0.15) is 11.3 Å². The molecule has 0 radical (unpaired) electrons. The minimum atomic E-state index is -4.48. The third kappa shape index (κ3) is 4.19. The maximum atomic E-state index is 12.8. The molecular formula is C18H17ClF3N5O. The lowest BCUT2D eigenvalue weighted by Gasteiger charge is -2.20. The molecule has 28 heavy (non-hydrogen) atoms. The van der Waals surface area contributed by atoms with E-state index in [2.05, 4.69) is 15.0 Å². The van der Waals surface area contributed by atoms with Crippen molar-refractivity contribution >= 4 is 17.4 Å². The maximum absolute atomic E-state index is 12.8. The van der Waals surface area contributed by atoms with E-state index in [1.807, 2.05) is 24.1 Å². The third-order valence-corrected chi connectivity index (χ3v) is 4.27. The Morgan fingerprint density at radius 2 is 1.86 bits per heavy atom. The summed E-state index contributed by atoms with van der Waals surface area (Å²) in [5, 5.41) is 0.105. The van der Waals surface area contributed by atoms with Gasteiger partial charge in [-0.05, 0) is 17.2 Å². The van der Waals surface area contributed by atoms with E-state index >= 15 is 0 Å². The van der Waals surface area contributed by atoms with Gasteiger partial charge >= 0.3 is 6.18 Å². The van der Waals surface area contributed by atoms with Gasteiger partial charge in [0.2, 0.25) is 5.28 Å². The standard InChI is InChI=1S/C18H17ClF3N5O/c1-26(16-13(28-3)8-23-17(19)25-16)9-11-4-6-12(7-5-11)15-24-14(10-27(15)2)18(20,21)22/h4-8,10H,9H2,1-3H3. The van der Waals surface area contributed by atoms with Crippen LogP contribution in [0.4, 0.5) is 19.0 Å². The van der Waals surface area contributed by atoms with Gasteiger partial charge in [-0.25, -0.2) is 9.97 Å². The Labute approximate surface area is 164 Å². The van der Waals surface area contributed by atoms with Crippen molar-refractivity contribution in [1.29, 1.82) is 0 Å². The van der Waals surface area contributed by atoms with Crippen LogP contribution in [0.25, 0.3) is 11.4 Å². The SMILES string of the molecule is COc1cnc(Cl)nc1N(C)Cc1ccc(-c2nc(C(F)(F)F)cn2C)cc1. The summed E-state index contributed by atoms with van der Waals surface area (Å²) in [7, 11) is 4.87. The van der Waals surface area contributed by atoms with Crippen LogP contribution >= 0.6 is 11.6 Å². The highest BCUT2D eigenvalue weighted by atomic mass is 35.5. The average molecular weight is 412 g/mol. The summed E-state index contributed by atoms with van der Waals surface area (Å²) < 4.78 is 45.1. The number of ether oxygens (including phenoxy) is 1. The Balaban J connectivity index is 1.80. The number of halogens is 4. The number of imidazole rings is 1. The van der Waals surface area contributed by atoms with Crippen LogP contribution in [0.15, 0.2) is 36.7 Å². The molecular weight excluding hydrogens is 395 g/mol. The predicted octanol–water partition coefficient (Wildman–Crippen LogP) is 4.19. The lowest BCUT2D eigenvalue weighted by Crippen LogP contribution is -2.19. The monoisotopic (exact) mass is 411 g/mol. The highest BCUT2D eigenvalue weighted by Crippen LogP contribution is 2.31. The van der Waals surface area contributed by atoms with Gasteiger partial charge in [0.15, 0.2) is 17.3 Å². The molecule has 0 aliphatic heterocycles. The number of anilines is 1. The van der Waals surface area contributed by atoms with Crippen molar-refractivity contribution in [3.63, 3.8) is 0 Å². The lowest BCUT2D eigenvalue weighted by molar-refractivity contribution is -0.140. The van der Waals surface area contributed by atoms with Crippen LogP contribution in [0.2, 0.25) is 5.28 Å². The van der Waals surface area contributed by atoms with Gasteiger partial charge in [0, 0.05) is 32.4 Å². The molecule has 0 saturated heterocycles. The normalized spacial score (nSPS) is 11.5. The van der Waals surface area contributed by atoms with Crippen LogP contribution in [0.5, 0.6) is 5.75 Å². The first kappa shape index (κ1) is 19.9. The maximum Gasteiger partial charge on any atom is 0.434 e. The molecule has 6 nitrogen and oxygen atoms in total. The second-order valence-electron chi connectivity index (χ2n) is 6.14. The summed E-state index contributed by atoms with van der Waals surface area (Å²) in [6, 6.07) is 7.11. The zero-order valence-electron chi connectivity index (χ0n) is 15.3. The van der Waals surface area contributed by atoms with Crippen molar-refractivity contribution in [2.75, 3.05) is 19.1 Å². The van der Waals surface area contributed by atoms with Gasteiger partial charge in [-0.3, -0.25) is 0 Å². The molecule has 0 atom stereocenters. The fourth-order valence-electron chi connectivity index (χ4n) is 2.74. The molecule has 2 heterocycles. The summed E-state index contributed by atoms with van der Waals surface area (Å²) in [6.07, 6.45) is -2.01. The average Bonchev–Trinajstić information content (AvgIpc) is 3.04. The summed E-state index contributed by atoms with van der Waals surface area (Å²) in [4.78, 5) is 13.6. The zero-order chi connectivity index (χ0) is 20.5. The summed E-state index contributed by atoms with van der Waals surface area (Å²) >= 11 is 5.86. The largest absolute Gasteiger partial charge is 0.491 e. The van der Waals surface area contributed by atoms with Gasteiger partial charge in [0.05, 0.1) is 13.3 Å². The van der Waals surface area contributed by atoms with E-state index in [1.54, 1.807) is 12.1 Å². The Bertz CT molecular complexity index is 972. The minimum Gasteiger partial charge on any atom is -0.491 e. The van der Waals surface area contributed by atoms with Crippen molar-refractivity contribution in [3.8, 4) is 17.1 Å². The molecule has 0 saturated carbocycles. The van der Waals surface area contributed by atoms with Gasteiger partial charge in [-0.2, -0.15) is 18.2 Å². The van der Waals surface area contributed by atoms with Crippen LogP contribution in [-0.4, -0.2) is 33.7 Å². The van der Waals surface area contributed by atoms with Crippen LogP contribution in [-0.2, 0) is 19.8 Å². The molecule has 0 aliphatic rings. The van der Waals surface area contributed by atoms with Gasteiger partial charge in [0.25, 0.3) is 0 Å². The number of nitrogens with zero attached hydrogens (tertiary/aromatic N) is 5. The number of aromatic nitrogens is 4. The molecule has 10 heteroatoms. The summed E-state index contributed by atoms with van der Waals surface area (Å²) in [6.45, 7) is 0.484. The van der Waals surface area contributed by atoms with E-state index in [1.165, 1.54) is 24.9 Å². The van der Waals surface area contributed by atoms with E-state index in [0.717, 1.165) is 11.8 Å². The first-order valence-electron chi connectivity index (χ1n) is 8.16. The lowest BCUT2D eigenvalue weighted by atomic mass is 10.1. The quantitative estimate of drug-likeness (QED) is 0.589. The molecule has 0 unspecified atom stereocenters. The number of methoxy groups -OCH3 is 1. The van der Waals surface area contributed by atoms with E-state index in [9.17, 15) is 13.2 Å². The molecule has 0 amide bonds. The topological polar surface area (TPSA) is 56.1 Å². The van der Waals surface area contributed by atoms with Crippen molar-refractivity contribution in [3.05, 3.63) is 53.2 Å². The van der Waals surface area contributed by atoms with E-state index in [-0.39, 0.29) is 11.1 Å². The number of hydrogen-bond acceptors (Lipinski definition) is 5. The van der Waals surface area contributed by atoms with Crippen molar-refractivity contribution in [2.45, 2.75) is 12.7 Å². The summed E-state index contributed by atoms with van der Waals surface area (Å²) in [5.74, 6) is 1.26. The van der Waals surface area contributed by atoms with E-state index < -0.39 is 11.9 Å². The molecule has 0 aliphatic carbocycles. The van der Waals surface area contributed by atoms with Gasteiger partial charge in [-0.15, -0.1) is 0 Å². The number of rotatable bonds is 5. The first-order chi connectivity index (χ1) is 13.2. The van der Waals surface area contributed by atoms with Crippen LogP contribution < -0.4 is 9.64 Å². The van der Waals surface area contributed by atoms with E-state index in [0.29, 0.717) is 23.7 Å². The molecule has 3 aromatic rings. The second-order valence-corrected chi connectivity index (χ2v) is 6.48.